The van der Waals surface area contributed by atoms with Crippen LogP contribution in [0.5, 0.6) is 0 Å². The Morgan fingerprint density at radius 3 is 2.75 bits per heavy atom. The van der Waals surface area contributed by atoms with E-state index in [-0.39, 0.29) is 5.91 Å². The number of piperidine rings is 1. The normalized spacial score (nSPS) is 22.9. The van der Waals surface area contributed by atoms with Crippen LogP contribution in [0, 0.1) is 11.3 Å². The smallest absolute Gasteiger partial charge is 0.219 e. The number of hydrogen-bond acceptors (Lipinski definition) is 4. The molecule has 5 nitrogen and oxygen atoms in total. The van der Waals surface area contributed by atoms with Gasteiger partial charge in [0, 0.05) is 50.9 Å². The molecule has 0 bridgehead atoms. The van der Waals surface area contributed by atoms with Crippen molar-refractivity contribution in [3.8, 4) is 17.2 Å². The third-order valence-electron chi connectivity index (χ3n) is 6.34. The zero-order valence-corrected chi connectivity index (χ0v) is 16.1. The molecule has 2 saturated heterocycles. The van der Waals surface area contributed by atoms with E-state index >= 15 is 0 Å². The van der Waals surface area contributed by atoms with Gasteiger partial charge in [-0.05, 0) is 59.4 Å². The van der Waals surface area contributed by atoms with Crippen LogP contribution in [0.4, 0.5) is 5.69 Å². The Kier molecular flexibility index (Phi) is 4.10. The van der Waals surface area contributed by atoms with Gasteiger partial charge in [-0.25, -0.2) is 0 Å². The lowest BCUT2D eigenvalue weighted by atomic mass is 9.95. The number of nitriles is 1. The van der Waals surface area contributed by atoms with Crippen molar-refractivity contribution in [1.82, 2.24) is 9.80 Å². The van der Waals surface area contributed by atoms with Crippen LogP contribution >= 0.6 is 0 Å². The van der Waals surface area contributed by atoms with Gasteiger partial charge in [0.25, 0.3) is 0 Å². The summed E-state index contributed by atoms with van der Waals surface area (Å²) in [6, 6.07) is 15.6. The molecule has 28 heavy (non-hydrogen) atoms. The molecule has 0 aromatic heterocycles. The molecule has 3 heterocycles. The van der Waals surface area contributed by atoms with Crippen molar-refractivity contribution in [3.63, 3.8) is 0 Å². The third kappa shape index (κ3) is 3.04. The highest BCUT2D eigenvalue weighted by atomic mass is 16.2. The van der Waals surface area contributed by atoms with E-state index in [0.29, 0.717) is 17.6 Å². The highest BCUT2D eigenvalue weighted by Crippen LogP contribution is 2.49. The number of nitrogens with one attached hydrogen (secondary N) is 1. The monoisotopic (exact) mass is 372 g/mol. The van der Waals surface area contributed by atoms with Crippen LogP contribution < -0.4 is 5.32 Å². The molecule has 0 saturated carbocycles. The Morgan fingerprint density at radius 2 is 2.00 bits per heavy atom. The van der Waals surface area contributed by atoms with E-state index in [9.17, 15) is 10.1 Å². The average Bonchev–Trinajstić information content (AvgIpc) is 3.40. The summed E-state index contributed by atoms with van der Waals surface area (Å²) in [6.07, 6.45) is 1.96. The number of fused-ring (bicyclic) bond motifs is 3. The van der Waals surface area contributed by atoms with Gasteiger partial charge in [-0.3, -0.25) is 9.69 Å². The van der Waals surface area contributed by atoms with Crippen molar-refractivity contribution in [2.45, 2.75) is 38.4 Å². The molecule has 142 valence electrons. The molecule has 2 fully saturated rings. The van der Waals surface area contributed by atoms with Crippen molar-refractivity contribution in [1.29, 1.82) is 5.26 Å². The van der Waals surface area contributed by atoms with Crippen molar-refractivity contribution in [3.05, 3.63) is 53.1 Å². The van der Waals surface area contributed by atoms with Crippen molar-refractivity contribution in [2.24, 2.45) is 0 Å². The van der Waals surface area contributed by atoms with E-state index in [4.69, 9.17) is 0 Å². The van der Waals surface area contributed by atoms with Crippen LogP contribution in [-0.4, -0.2) is 41.4 Å². The minimum atomic E-state index is 0.173. The number of anilines is 1. The number of benzene rings is 2. The largest absolute Gasteiger partial charge is 0.382 e. The van der Waals surface area contributed by atoms with Gasteiger partial charge in [-0.1, -0.05) is 12.1 Å². The summed E-state index contributed by atoms with van der Waals surface area (Å²) in [5.41, 5.74) is 7.04. The van der Waals surface area contributed by atoms with Crippen LogP contribution in [0.3, 0.4) is 0 Å². The second-order valence-corrected chi connectivity index (χ2v) is 8.15. The summed E-state index contributed by atoms with van der Waals surface area (Å²) in [5, 5.41) is 13.0. The van der Waals surface area contributed by atoms with Crippen LogP contribution in [0.25, 0.3) is 11.1 Å². The van der Waals surface area contributed by atoms with Gasteiger partial charge in [-0.15, -0.1) is 0 Å². The van der Waals surface area contributed by atoms with Crippen molar-refractivity contribution in [2.75, 3.05) is 25.0 Å². The minimum absolute atomic E-state index is 0.173. The highest BCUT2D eigenvalue weighted by Gasteiger charge is 2.44. The molecule has 3 aliphatic rings. The first-order valence-corrected chi connectivity index (χ1v) is 10.1. The Morgan fingerprint density at radius 1 is 1.18 bits per heavy atom. The number of carbonyl (C=O) groups excluding carboxylic acids is 1. The van der Waals surface area contributed by atoms with Gasteiger partial charge in [0.1, 0.15) is 0 Å². The van der Waals surface area contributed by atoms with E-state index in [1.54, 1.807) is 6.92 Å². The molecule has 3 aliphatic heterocycles. The van der Waals surface area contributed by atoms with Crippen molar-refractivity contribution >= 4 is 11.6 Å². The molecule has 0 radical (unpaired) electrons. The summed E-state index contributed by atoms with van der Waals surface area (Å²) >= 11 is 0. The molecule has 1 amide bonds. The molecule has 5 heteroatoms. The molecular weight excluding hydrogens is 348 g/mol. The molecule has 0 aliphatic carbocycles. The van der Waals surface area contributed by atoms with E-state index < -0.39 is 0 Å². The molecule has 5 rings (SSSR count). The van der Waals surface area contributed by atoms with Crippen LogP contribution in [0.15, 0.2) is 36.4 Å². The van der Waals surface area contributed by atoms with Gasteiger partial charge in [0.2, 0.25) is 5.91 Å². The van der Waals surface area contributed by atoms with Gasteiger partial charge >= 0.3 is 0 Å². The third-order valence-corrected chi connectivity index (χ3v) is 6.34. The first kappa shape index (κ1) is 17.3. The SMILES string of the molecule is CC(=O)N1CCC(Nc2cc(-c3cccc(C#N)c3)cc3c2CN2CC32)CC1. The number of rotatable bonds is 3. The van der Waals surface area contributed by atoms with Crippen molar-refractivity contribution < 1.29 is 4.79 Å². The predicted octanol–water partition coefficient (Wildman–Crippen LogP) is 3.52. The van der Waals surface area contributed by atoms with E-state index in [2.05, 4.69) is 34.5 Å². The summed E-state index contributed by atoms with van der Waals surface area (Å²) in [5.74, 6) is 0.173. The maximum absolute atomic E-state index is 11.6. The van der Waals surface area contributed by atoms with Gasteiger partial charge in [-0.2, -0.15) is 5.26 Å². The number of hydrogen-bond donors (Lipinski definition) is 1. The number of nitrogens with zero attached hydrogens (tertiary/aromatic N) is 3. The quantitative estimate of drug-likeness (QED) is 0.838. The summed E-state index contributed by atoms with van der Waals surface area (Å²) in [4.78, 5) is 16.0. The average molecular weight is 372 g/mol. The maximum Gasteiger partial charge on any atom is 0.219 e. The van der Waals surface area contributed by atoms with Crippen LogP contribution in [-0.2, 0) is 11.3 Å². The Bertz CT molecular complexity index is 985. The second kappa shape index (κ2) is 6.65. The van der Waals surface area contributed by atoms with Gasteiger partial charge < -0.3 is 10.2 Å². The summed E-state index contributed by atoms with van der Waals surface area (Å²) in [7, 11) is 0. The number of likely N-dealkylation sites (tertiary alicyclic amines) is 1. The fourth-order valence-corrected chi connectivity index (χ4v) is 4.64. The predicted molar refractivity (Wildman–Crippen MR) is 109 cm³/mol. The maximum atomic E-state index is 11.6. The Hall–Kier alpha value is -2.84. The second-order valence-electron chi connectivity index (χ2n) is 8.15. The fourth-order valence-electron chi connectivity index (χ4n) is 4.64. The van der Waals surface area contributed by atoms with Gasteiger partial charge in [0.15, 0.2) is 0 Å². The molecule has 2 unspecified atom stereocenters. The lowest BCUT2D eigenvalue weighted by Gasteiger charge is -2.33. The van der Waals surface area contributed by atoms with E-state index in [1.807, 2.05) is 23.1 Å². The lowest BCUT2D eigenvalue weighted by Crippen LogP contribution is -2.41. The molecule has 2 atom stereocenters. The Balaban J connectivity index is 1.45. The molecule has 2 aromatic carbocycles. The molecular formula is C23H24N4O. The van der Waals surface area contributed by atoms with E-state index in [1.165, 1.54) is 22.4 Å². The van der Waals surface area contributed by atoms with Gasteiger partial charge in [0.05, 0.1) is 11.6 Å². The zero-order valence-electron chi connectivity index (χ0n) is 16.1. The minimum Gasteiger partial charge on any atom is -0.382 e. The molecule has 1 N–H and O–H groups in total. The van der Waals surface area contributed by atoms with Crippen LogP contribution in [0.1, 0.15) is 42.5 Å². The molecule has 0 spiro atoms. The first-order valence-electron chi connectivity index (χ1n) is 10.1. The number of amides is 1. The Labute approximate surface area is 165 Å². The van der Waals surface area contributed by atoms with E-state index in [0.717, 1.165) is 44.6 Å². The van der Waals surface area contributed by atoms with Crippen LogP contribution in [0.2, 0.25) is 0 Å². The topological polar surface area (TPSA) is 59.1 Å². The summed E-state index contributed by atoms with van der Waals surface area (Å²) in [6.45, 7) is 5.49. The highest BCUT2D eigenvalue weighted by molar-refractivity contribution is 5.75. The lowest BCUT2D eigenvalue weighted by molar-refractivity contribution is -0.129. The molecule has 2 aromatic rings. The standard InChI is InChI=1S/C23H24N4O/c1-15(28)26-7-5-19(6-8-26)25-22-11-18(17-4-2-3-16(9-17)12-24)10-20-21(22)13-27-14-23(20)27/h2-4,9-11,19,23,25H,5-8,13-14H2,1H3. The zero-order chi connectivity index (χ0) is 19.3. The first-order chi connectivity index (χ1) is 13.6. The summed E-state index contributed by atoms with van der Waals surface area (Å²) < 4.78 is 0. The number of carbonyl (C=O) groups is 1. The fraction of sp³-hybridized carbons (Fsp3) is 0.391.